The molecule has 0 saturated carbocycles. The third kappa shape index (κ3) is 3.92. The summed E-state index contributed by atoms with van der Waals surface area (Å²) < 4.78 is 0. The normalized spacial score (nSPS) is 9.71. The van der Waals surface area contributed by atoms with Crippen molar-refractivity contribution >= 4 is 29.2 Å². The maximum absolute atomic E-state index is 11.5. The first-order valence-electron chi connectivity index (χ1n) is 4.98. The average molecular weight is 254 g/mol. The summed E-state index contributed by atoms with van der Waals surface area (Å²) in [7, 11) is 0. The lowest BCUT2D eigenvalue weighted by Gasteiger charge is -2.08. The van der Waals surface area contributed by atoms with Gasteiger partial charge in [0.25, 0.3) is 0 Å². The lowest BCUT2D eigenvalue weighted by Crippen LogP contribution is -2.14. The van der Waals surface area contributed by atoms with Gasteiger partial charge >= 0.3 is 5.97 Å². The average Bonchev–Trinajstić information content (AvgIpc) is 2.26. The van der Waals surface area contributed by atoms with Crippen molar-refractivity contribution in [3.63, 3.8) is 0 Å². The minimum Gasteiger partial charge on any atom is -0.478 e. The highest BCUT2D eigenvalue weighted by molar-refractivity contribution is 6.31. The van der Waals surface area contributed by atoms with Gasteiger partial charge < -0.3 is 10.4 Å². The van der Waals surface area contributed by atoms with Crippen molar-refractivity contribution in [2.75, 3.05) is 5.32 Å². The van der Waals surface area contributed by atoms with E-state index in [1.807, 2.05) is 0 Å². The number of carboxylic acids is 1. The summed E-state index contributed by atoms with van der Waals surface area (Å²) in [6, 6.07) is 4.23. The number of benzene rings is 1. The number of allylic oxidation sites excluding steroid dienone is 1. The maximum Gasteiger partial charge on any atom is 0.337 e. The number of hydrogen-bond donors (Lipinski definition) is 2. The summed E-state index contributed by atoms with van der Waals surface area (Å²) in [6.45, 7) is 3.50. The zero-order valence-corrected chi connectivity index (χ0v) is 9.83. The highest BCUT2D eigenvalue weighted by atomic mass is 35.5. The molecule has 0 aromatic heterocycles. The van der Waals surface area contributed by atoms with E-state index in [-0.39, 0.29) is 23.6 Å². The predicted octanol–water partition coefficient (Wildman–Crippen LogP) is 2.94. The molecule has 0 atom stereocenters. The van der Waals surface area contributed by atoms with E-state index in [1.54, 1.807) is 6.08 Å². The number of anilines is 1. The third-order valence-corrected chi connectivity index (χ3v) is 2.30. The molecular formula is C12H12ClNO3. The molecule has 0 bridgehead atoms. The second-order valence-electron chi connectivity index (χ2n) is 3.37. The molecule has 0 saturated heterocycles. The fraction of sp³-hybridized carbons (Fsp3) is 0.167. The summed E-state index contributed by atoms with van der Waals surface area (Å²) in [5.41, 5.74) is 0.223. The van der Waals surface area contributed by atoms with Crippen LogP contribution in [0, 0.1) is 0 Å². The molecule has 0 fully saturated rings. The first-order chi connectivity index (χ1) is 8.04. The van der Waals surface area contributed by atoms with Gasteiger partial charge in [0.2, 0.25) is 5.91 Å². The fourth-order valence-electron chi connectivity index (χ4n) is 1.25. The molecule has 1 aromatic rings. The number of aromatic carboxylic acids is 1. The minimum absolute atomic E-state index is 0.0151. The van der Waals surface area contributed by atoms with Crippen LogP contribution in [0.15, 0.2) is 30.9 Å². The van der Waals surface area contributed by atoms with Crippen molar-refractivity contribution in [2.24, 2.45) is 0 Å². The largest absolute Gasteiger partial charge is 0.478 e. The van der Waals surface area contributed by atoms with E-state index in [2.05, 4.69) is 11.9 Å². The van der Waals surface area contributed by atoms with E-state index in [0.29, 0.717) is 11.4 Å². The SMILES string of the molecule is C=CCCC(=O)Nc1cc(Cl)ccc1C(=O)O. The van der Waals surface area contributed by atoms with Gasteiger partial charge in [-0.3, -0.25) is 4.79 Å². The Labute approximate surface area is 104 Å². The van der Waals surface area contributed by atoms with Crippen LogP contribution in [0.1, 0.15) is 23.2 Å². The van der Waals surface area contributed by atoms with Gasteiger partial charge in [-0.2, -0.15) is 0 Å². The summed E-state index contributed by atoms with van der Waals surface area (Å²) in [5, 5.41) is 11.8. The molecule has 0 aliphatic carbocycles. The molecular weight excluding hydrogens is 242 g/mol. The van der Waals surface area contributed by atoms with Crippen LogP contribution >= 0.6 is 11.6 Å². The Balaban J connectivity index is 2.88. The van der Waals surface area contributed by atoms with Crippen molar-refractivity contribution in [1.82, 2.24) is 0 Å². The molecule has 0 aliphatic rings. The minimum atomic E-state index is -1.11. The van der Waals surface area contributed by atoms with Gasteiger partial charge in [-0.1, -0.05) is 17.7 Å². The van der Waals surface area contributed by atoms with Gasteiger partial charge in [-0.15, -0.1) is 6.58 Å². The van der Waals surface area contributed by atoms with Crippen LogP contribution in [0.25, 0.3) is 0 Å². The van der Waals surface area contributed by atoms with Crippen molar-refractivity contribution < 1.29 is 14.7 Å². The number of carbonyl (C=O) groups excluding carboxylic acids is 1. The Morgan fingerprint density at radius 1 is 1.47 bits per heavy atom. The van der Waals surface area contributed by atoms with Crippen LogP contribution in [0.4, 0.5) is 5.69 Å². The first kappa shape index (κ1) is 13.3. The van der Waals surface area contributed by atoms with Crippen molar-refractivity contribution in [2.45, 2.75) is 12.8 Å². The van der Waals surface area contributed by atoms with Gasteiger partial charge in [0.05, 0.1) is 11.3 Å². The van der Waals surface area contributed by atoms with Gasteiger partial charge in [-0.25, -0.2) is 4.79 Å². The van der Waals surface area contributed by atoms with Crippen LogP contribution < -0.4 is 5.32 Å². The highest BCUT2D eigenvalue weighted by Crippen LogP contribution is 2.21. The molecule has 0 spiro atoms. The molecule has 0 radical (unpaired) electrons. The van der Waals surface area contributed by atoms with E-state index in [9.17, 15) is 9.59 Å². The predicted molar refractivity (Wildman–Crippen MR) is 66.5 cm³/mol. The van der Waals surface area contributed by atoms with E-state index in [1.165, 1.54) is 18.2 Å². The number of carboxylic acid groups (broad SMARTS) is 1. The van der Waals surface area contributed by atoms with E-state index in [0.717, 1.165) is 0 Å². The highest BCUT2D eigenvalue weighted by Gasteiger charge is 2.12. The molecule has 1 rings (SSSR count). The van der Waals surface area contributed by atoms with Crippen molar-refractivity contribution in [3.05, 3.63) is 41.4 Å². The topological polar surface area (TPSA) is 66.4 Å². The fourth-order valence-corrected chi connectivity index (χ4v) is 1.42. The molecule has 0 unspecified atom stereocenters. The van der Waals surface area contributed by atoms with Gasteiger partial charge in [0.15, 0.2) is 0 Å². The second-order valence-corrected chi connectivity index (χ2v) is 3.81. The lowest BCUT2D eigenvalue weighted by atomic mass is 10.1. The summed E-state index contributed by atoms with van der Waals surface area (Å²) >= 11 is 5.75. The Kier molecular flexibility index (Phi) is 4.72. The monoisotopic (exact) mass is 253 g/mol. The zero-order chi connectivity index (χ0) is 12.8. The second kappa shape index (κ2) is 6.06. The number of amides is 1. The van der Waals surface area contributed by atoms with Gasteiger partial charge in [-0.05, 0) is 24.6 Å². The number of rotatable bonds is 5. The molecule has 0 heterocycles. The van der Waals surface area contributed by atoms with Gasteiger partial charge in [0, 0.05) is 11.4 Å². The van der Waals surface area contributed by atoms with Crippen molar-refractivity contribution in [3.8, 4) is 0 Å². The summed E-state index contributed by atoms with van der Waals surface area (Å²) in [5.74, 6) is -1.38. The van der Waals surface area contributed by atoms with Crippen LogP contribution in [-0.4, -0.2) is 17.0 Å². The molecule has 90 valence electrons. The Morgan fingerprint density at radius 3 is 2.76 bits per heavy atom. The maximum atomic E-state index is 11.5. The summed E-state index contributed by atoms with van der Waals surface area (Å²) in [6.07, 6.45) is 2.42. The third-order valence-electron chi connectivity index (χ3n) is 2.06. The molecule has 1 amide bonds. The molecule has 1 aromatic carbocycles. The molecule has 4 nitrogen and oxygen atoms in total. The Bertz CT molecular complexity index is 457. The molecule has 5 heteroatoms. The van der Waals surface area contributed by atoms with Crippen LogP contribution in [0.3, 0.4) is 0 Å². The standard InChI is InChI=1S/C12H12ClNO3/c1-2-3-4-11(15)14-10-7-8(13)5-6-9(10)12(16)17/h2,5-7H,1,3-4H2,(H,14,15)(H,16,17). The molecule has 0 aliphatic heterocycles. The van der Waals surface area contributed by atoms with E-state index in [4.69, 9.17) is 16.7 Å². The first-order valence-corrected chi connectivity index (χ1v) is 5.36. The van der Waals surface area contributed by atoms with E-state index >= 15 is 0 Å². The van der Waals surface area contributed by atoms with E-state index < -0.39 is 5.97 Å². The lowest BCUT2D eigenvalue weighted by molar-refractivity contribution is -0.116. The van der Waals surface area contributed by atoms with Crippen LogP contribution in [0.5, 0.6) is 0 Å². The number of hydrogen-bond acceptors (Lipinski definition) is 2. The molecule has 2 N–H and O–H groups in total. The smallest absolute Gasteiger partial charge is 0.337 e. The quantitative estimate of drug-likeness (QED) is 0.793. The van der Waals surface area contributed by atoms with Gasteiger partial charge in [0.1, 0.15) is 0 Å². The van der Waals surface area contributed by atoms with Crippen LogP contribution in [-0.2, 0) is 4.79 Å². The van der Waals surface area contributed by atoms with Crippen molar-refractivity contribution in [1.29, 1.82) is 0 Å². The summed E-state index contributed by atoms with van der Waals surface area (Å²) in [4.78, 5) is 22.4. The van der Waals surface area contributed by atoms with Crippen LogP contribution in [0.2, 0.25) is 5.02 Å². The number of halogens is 1. The number of nitrogens with one attached hydrogen (secondary N) is 1. The molecule has 17 heavy (non-hydrogen) atoms. The zero-order valence-electron chi connectivity index (χ0n) is 9.07. The number of carbonyl (C=O) groups is 2. The Morgan fingerprint density at radius 2 is 2.18 bits per heavy atom. The Hall–Kier alpha value is -1.81.